The molecule has 6 heteroatoms. The van der Waals surface area contributed by atoms with Crippen molar-refractivity contribution in [3.63, 3.8) is 0 Å². The monoisotopic (exact) mass is 318 g/mol. The van der Waals surface area contributed by atoms with Crippen molar-refractivity contribution in [2.75, 3.05) is 6.61 Å². The Morgan fingerprint density at radius 1 is 1.32 bits per heavy atom. The van der Waals surface area contributed by atoms with Gasteiger partial charge in [-0.15, -0.1) is 0 Å². The van der Waals surface area contributed by atoms with Crippen LogP contribution in [0.4, 0.5) is 0 Å². The molecule has 0 spiro atoms. The van der Waals surface area contributed by atoms with E-state index in [2.05, 4.69) is 9.97 Å². The second-order valence-corrected chi connectivity index (χ2v) is 5.66. The van der Waals surface area contributed by atoms with Crippen molar-refractivity contribution in [2.24, 2.45) is 0 Å². The van der Waals surface area contributed by atoms with Crippen molar-refractivity contribution < 1.29 is 9.53 Å². The van der Waals surface area contributed by atoms with Crippen LogP contribution in [0.5, 0.6) is 0 Å². The van der Waals surface area contributed by atoms with E-state index in [0.717, 1.165) is 11.3 Å². The zero-order valence-electron chi connectivity index (χ0n) is 12.6. The van der Waals surface area contributed by atoms with Crippen molar-refractivity contribution in [2.45, 2.75) is 31.2 Å². The summed E-state index contributed by atoms with van der Waals surface area (Å²) in [4.78, 5) is 30.7. The average molecular weight is 318 g/mol. The molecule has 0 aliphatic heterocycles. The largest absolute Gasteiger partial charge is 0.466 e. The number of nitrogens with one attached hydrogen (secondary N) is 1. The Morgan fingerprint density at radius 2 is 2.05 bits per heavy atom. The number of nitrogens with zero attached hydrogens (tertiary/aromatic N) is 1. The Morgan fingerprint density at radius 3 is 2.68 bits per heavy atom. The van der Waals surface area contributed by atoms with Gasteiger partial charge in [0.15, 0.2) is 5.16 Å². The van der Waals surface area contributed by atoms with Crippen LogP contribution in [0.2, 0.25) is 0 Å². The van der Waals surface area contributed by atoms with E-state index in [1.807, 2.05) is 30.3 Å². The van der Waals surface area contributed by atoms with Gasteiger partial charge in [0.25, 0.3) is 5.56 Å². The summed E-state index contributed by atoms with van der Waals surface area (Å²) in [6.45, 7) is 3.77. The van der Waals surface area contributed by atoms with Crippen molar-refractivity contribution in [1.29, 1.82) is 0 Å². The first-order valence-corrected chi connectivity index (χ1v) is 8.01. The predicted molar refractivity (Wildman–Crippen MR) is 85.9 cm³/mol. The molecule has 1 heterocycles. The van der Waals surface area contributed by atoms with Gasteiger partial charge >= 0.3 is 5.97 Å². The van der Waals surface area contributed by atoms with Gasteiger partial charge in [0, 0.05) is 17.0 Å². The van der Waals surface area contributed by atoms with E-state index in [4.69, 9.17) is 4.74 Å². The highest BCUT2D eigenvalue weighted by atomic mass is 32.2. The smallest absolute Gasteiger partial charge is 0.310 e. The van der Waals surface area contributed by atoms with Crippen molar-refractivity contribution >= 4 is 17.7 Å². The molecule has 1 N–H and O–H groups in total. The molecule has 0 fully saturated rings. The van der Waals surface area contributed by atoms with Crippen molar-refractivity contribution in [3.8, 4) is 0 Å². The molecule has 0 unspecified atom stereocenters. The molecule has 0 saturated carbocycles. The number of ether oxygens (including phenoxy) is 1. The van der Waals surface area contributed by atoms with Gasteiger partial charge in [-0.2, -0.15) is 0 Å². The molecular weight excluding hydrogens is 300 g/mol. The molecule has 5 nitrogen and oxygen atoms in total. The maximum atomic E-state index is 12.1. The SMILES string of the molecule is CCOC(=O)Cc1c(C)nc(SCc2ccccc2)[nH]c1=O. The maximum Gasteiger partial charge on any atom is 0.310 e. The first-order chi connectivity index (χ1) is 10.6. The molecule has 2 aromatic rings. The number of hydrogen-bond acceptors (Lipinski definition) is 5. The number of carbonyl (C=O) groups excluding carboxylic acids is 1. The summed E-state index contributed by atoms with van der Waals surface area (Å²) >= 11 is 1.46. The summed E-state index contributed by atoms with van der Waals surface area (Å²) in [5, 5.41) is 0.555. The summed E-state index contributed by atoms with van der Waals surface area (Å²) in [6.07, 6.45) is -0.0500. The van der Waals surface area contributed by atoms with Gasteiger partial charge in [-0.3, -0.25) is 9.59 Å². The summed E-state index contributed by atoms with van der Waals surface area (Å²) in [5.74, 6) is 0.308. The van der Waals surface area contributed by atoms with E-state index < -0.39 is 5.97 Å². The normalized spacial score (nSPS) is 10.5. The van der Waals surface area contributed by atoms with Crippen LogP contribution in [0.3, 0.4) is 0 Å². The van der Waals surface area contributed by atoms with Gasteiger partial charge in [0.2, 0.25) is 0 Å². The molecule has 0 bridgehead atoms. The third-order valence-corrected chi connectivity index (χ3v) is 3.99. The Balaban J connectivity index is 2.09. The summed E-state index contributed by atoms with van der Waals surface area (Å²) in [7, 11) is 0. The molecule has 0 aliphatic carbocycles. The van der Waals surface area contributed by atoms with Crippen LogP contribution in [0, 0.1) is 6.92 Å². The number of thioether (sulfide) groups is 1. The van der Waals surface area contributed by atoms with Crippen LogP contribution >= 0.6 is 11.8 Å². The number of rotatable bonds is 6. The van der Waals surface area contributed by atoms with E-state index in [1.165, 1.54) is 11.8 Å². The lowest BCUT2D eigenvalue weighted by atomic mass is 10.2. The number of hydrogen-bond donors (Lipinski definition) is 1. The quantitative estimate of drug-likeness (QED) is 0.503. The number of carbonyl (C=O) groups is 1. The molecule has 0 radical (unpaired) electrons. The molecule has 1 aromatic heterocycles. The lowest BCUT2D eigenvalue weighted by molar-refractivity contribution is -0.142. The van der Waals surface area contributed by atoms with E-state index in [1.54, 1.807) is 13.8 Å². The number of aromatic nitrogens is 2. The average Bonchev–Trinajstić information content (AvgIpc) is 2.50. The lowest BCUT2D eigenvalue weighted by Crippen LogP contribution is -2.21. The minimum Gasteiger partial charge on any atom is -0.466 e. The highest BCUT2D eigenvalue weighted by Gasteiger charge is 2.13. The lowest BCUT2D eigenvalue weighted by Gasteiger charge is -2.07. The first-order valence-electron chi connectivity index (χ1n) is 7.02. The number of aromatic amines is 1. The van der Waals surface area contributed by atoms with E-state index in [9.17, 15) is 9.59 Å². The summed E-state index contributed by atoms with van der Waals surface area (Å²) in [6, 6.07) is 9.95. The van der Waals surface area contributed by atoms with Gasteiger partial charge < -0.3 is 9.72 Å². The fourth-order valence-corrected chi connectivity index (χ4v) is 2.81. The summed E-state index contributed by atoms with van der Waals surface area (Å²) < 4.78 is 4.87. The molecule has 1 aromatic carbocycles. The second kappa shape index (κ2) is 7.79. The van der Waals surface area contributed by atoms with Crippen LogP contribution in [-0.2, 0) is 21.7 Å². The zero-order chi connectivity index (χ0) is 15.9. The van der Waals surface area contributed by atoms with E-state index in [0.29, 0.717) is 23.0 Å². The van der Waals surface area contributed by atoms with E-state index >= 15 is 0 Å². The zero-order valence-corrected chi connectivity index (χ0v) is 13.4. The van der Waals surface area contributed by atoms with Gasteiger partial charge in [-0.05, 0) is 19.4 Å². The Kier molecular flexibility index (Phi) is 5.77. The van der Waals surface area contributed by atoms with Gasteiger partial charge in [0.05, 0.1) is 13.0 Å². The number of esters is 1. The minimum atomic E-state index is -0.414. The molecule has 116 valence electrons. The fraction of sp³-hybridized carbons (Fsp3) is 0.312. The van der Waals surface area contributed by atoms with Crippen LogP contribution in [0.15, 0.2) is 40.3 Å². The number of H-pyrrole nitrogens is 1. The molecule has 0 amide bonds. The molecular formula is C16H18N2O3S. The molecule has 0 aliphatic rings. The highest BCUT2D eigenvalue weighted by Crippen LogP contribution is 2.18. The predicted octanol–water partition coefficient (Wildman–Crippen LogP) is 2.48. The molecule has 0 saturated heterocycles. The summed E-state index contributed by atoms with van der Waals surface area (Å²) in [5.41, 5.74) is 1.80. The molecule has 2 rings (SSSR count). The van der Waals surface area contributed by atoms with Crippen molar-refractivity contribution in [1.82, 2.24) is 9.97 Å². The van der Waals surface area contributed by atoms with Gasteiger partial charge in [0.1, 0.15) is 0 Å². The van der Waals surface area contributed by atoms with Gasteiger partial charge in [-0.25, -0.2) is 4.98 Å². The third-order valence-electron chi connectivity index (χ3n) is 3.05. The minimum absolute atomic E-state index is 0.0500. The Bertz CT molecular complexity index is 698. The third kappa shape index (κ3) is 4.46. The van der Waals surface area contributed by atoms with Crippen LogP contribution in [-0.4, -0.2) is 22.5 Å². The van der Waals surface area contributed by atoms with Crippen LogP contribution in [0.25, 0.3) is 0 Å². The van der Waals surface area contributed by atoms with Gasteiger partial charge in [-0.1, -0.05) is 42.1 Å². The number of aryl methyl sites for hydroxylation is 1. The Hall–Kier alpha value is -2.08. The highest BCUT2D eigenvalue weighted by molar-refractivity contribution is 7.98. The van der Waals surface area contributed by atoms with Crippen LogP contribution < -0.4 is 5.56 Å². The first kappa shape index (κ1) is 16.3. The molecule has 22 heavy (non-hydrogen) atoms. The maximum absolute atomic E-state index is 12.1. The topological polar surface area (TPSA) is 72.0 Å². The fourth-order valence-electron chi connectivity index (χ4n) is 1.94. The Labute approximate surface area is 133 Å². The second-order valence-electron chi connectivity index (χ2n) is 4.69. The van der Waals surface area contributed by atoms with Crippen LogP contribution in [0.1, 0.15) is 23.7 Å². The molecule has 0 atom stereocenters. The van der Waals surface area contributed by atoms with Crippen molar-refractivity contribution in [3.05, 3.63) is 57.5 Å². The van der Waals surface area contributed by atoms with E-state index in [-0.39, 0.29) is 12.0 Å². The standard InChI is InChI=1S/C16H18N2O3S/c1-3-21-14(19)9-13-11(2)17-16(18-15(13)20)22-10-12-7-5-4-6-8-12/h4-8H,3,9-10H2,1-2H3,(H,17,18,20). The number of benzene rings is 1.